The van der Waals surface area contributed by atoms with E-state index in [0.29, 0.717) is 0 Å². The van der Waals surface area contributed by atoms with E-state index in [4.69, 9.17) is 9.84 Å². The quantitative estimate of drug-likeness (QED) is 0.761. The molecule has 20 heavy (non-hydrogen) atoms. The van der Waals surface area contributed by atoms with E-state index in [9.17, 15) is 18.4 Å². The number of halogens is 2. The highest BCUT2D eigenvalue weighted by Crippen LogP contribution is 2.14. The molecular weight excluding hydrogens is 294 g/mol. The van der Waals surface area contributed by atoms with Crippen LogP contribution in [0.15, 0.2) is 5.38 Å². The number of rotatable bonds is 7. The van der Waals surface area contributed by atoms with Gasteiger partial charge < -0.3 is 14.7 Å². The van der Waals surface area contributed by atoms with Crippen molar-refractivity contribution in [3.63, 3.8) is 0 Å². The van der Waals surface area contributed by atoms with E-state index in [1.807, 2.05) is 0 Å². The molecule has 0 saturated heterocycles. The van der Waals surface area contributed by atoms with Crippen molar-refractivity contribution in [3.05, 3.63) is 16.1 Å². The molecule has 0 fully saturated rings. The molecule has 1 rings (SSSR count). The average Bonchev–Trinajstić information content (AvgIpc) is 2.87. The van der Waals surface area contributed by atoms with Crippen LogP contribution in [-0.2, 0) is 4.74 Å². The predicted octanol–water partition coefficient (Wildman–Crippen LogP) is 1.02. The summed E-state index contributed by atoms with van der Waals surface area (Å²) in [7, 11) is 0. The summed E-state index contributed by atoms with van der Waals surface area (Å²) in [5.74, 6) is -1.43. The molecule has 112 valence electrons. The third kappa shape index (κ3) is 4.49. The summed E-state index contributed by atoms with van der Waals surface area (Å²) >= 11 is 0.897. The van der Waals surface area contributed by atoms with Crippen molar-refractivity contribution >= 4 is 23.2 Å². The van der Waals surface area contributed by atoms with Gasteiger partial charge in [0, 0.05) is 11.9 Å². The Morgan fingerprint density at radius 1 is 1.55 bits per heavy atom. The van der Waals surface area contributed by atoms with E-state index >= 15 is 0 Å². The van der Waals surface area contributed by atoms with Gasteiger partial charge in [0.05, 0.1) is 19.8 Å². The van der Waals surface area contributed by atoms with Crippen molar-refractivity contribution in [2.24, 2.45) is 0 Å². The van der Waals surface area contributed by atoms with Crippen molar-refractivity contribution in [1.82, 2.24) is 9.88 Å². The topological polar surface area (TPSA) is 79.7 Å². The molecule has 9 heteroatoms. The van der Waals surface area contributed by atoms with Crippen LogP contribution in [0.2, 0.25) is 0 Å². The molecule has 1 heterocycles. The molecular formula is C11H14F2N2O4S. The van der Waals surface area contributed by atoms with Crippen LogP contribution in [0.5, 0.6) is 0 Å². The van der Waals surface area contributed by atoms with Gasteiger partial charge >= 0.3 is 5.97 Å². The summed E-state index contributed by atoms with van der Waals surface area (Å²) in [6.07, 6.45) is -2.71. The van der Waals surface area contributed by atoms with Crippen LogP contribution in [0.1, 0.15) is 27.2 Å². The molecule has 0 atom stereocenters. The molecule has 0 saturated carbocycles. The molecule has 0 aromatic carbocycles. The lowest BCUT2D eigenvalue weighted by atomic mass is 10.3. The maximum absolute atomic E-state index is 12.4. The normalized spacial score (nSPS) is 10.7. The maximum atomic E-state index is 12.4. The number of aromatic nitrogens is 1. The zero-order chi connectivity index (χ0) is 15.1. The third-order valence-corrected chi connectivity index (χ3v) is 3.01. The van der Waals surface area contributed by atoms with E-state index in [0.717, 1.165) is 16.2 Å². The van der Waals surface area contributed by atoms with Gasteiger partial charge in [-0.1, -0.05) is 0 Å². The van der Waals surface area contributed by atoms with Crippen molar-refractivity contribution < 1.29 is 28.2 Å². The molecule has 1 amide bonds. The van der Waals surface area contributed by atoms with E-state index < -0.39 is 31.5 Å². The molecule has 0 spiro atoms. The fraction of sp³-hybridized carbons (Fsp3) is 0.545. The molecule has 0 aliphatic rings. The zero-order valence-corrected chi connectivity index (χ0v) is 11.5. The molecule has 0 aliphatic heterocycles. The monoisotopic (exact) mass is 308 g/mol. The Balaban J connectivity index is 2.81. The van der Waals surface area contributed by atoms with Gasteiger partial charge in [0.2, 0.25) is 5.01 Å². The lowest BCUT2D eigenvalue weighted by molar-refractivity contribution is 0.0501. The summed E-state index contributed by atoms with van der Waals surface area (Å²) in [5.41, 5.74) is -0.118. The number of thiazole rings is 1. The molecule has 6 nitrogen and oxygen atoms in total. The number of carbonyl (C=O) groups is 2. The van der Waals surface area contributed by atoms with E-state index in [-0.39, 0.29) is 23.9 Å². The highest BCUT2D eigenvalue weighted by molar-refractivity contribution is 7.11. The fourth-order valence-electron chi connectivity index (χ4n) is 1.38. The summed E-state index contributed by atoms with van der Waals surface area (Å²) in [6.45, 7) is 0.335. The average molecular weight is 308 g/mol. The molecule has 1 N–H and O–H groups in total. The minimum atomic E-state index is -2.71. The largest absolute Gasteiger partial charge is 0.461 e. The Hall–Kier alpha value is -1.61. The lowest BCUT2D eigenvalue weighted by Crippen LogP contribution is -2.37. The number of aliphatic hydroxyl groups is 1. The van der Waals surface area contributed by atoms with Gasteiger partial charge in [-0.2, -0.15) is 0 Å². The van der Waals surface area contributed by atoms with E-state index in [1.165, 1.54) is 5.38 Å². The number of aliphatic hydroxyl groups excluding tert-OH is 1. The van der Waals surface area contributed by atoms with Crippen molar-refractivity contribution in [2.75, 3.05) is 26.3 Å². The summed E-state index contributed by atoms with van der Waals surface area (Å²) in [6, 6.07) is 0. The van der Waals surface area contributed by atoms with Crippen LogP contribution < -0.4 is 0 Å². The Bertz CT molecular complexity index is 467. The highest BCUT2D eigenvalue weighted by Gasteiger charge is 2.23. The first-order valence-corrected chi connectivity index (χ1v) is 6.68. The number of amides is 1. The second kappa shape index (κ2) is 7.85. The second-order valence-corrected chi connectivity index (χ2v) is 4.48. The first-order valence-electron chi connectivity index (χ1n) is 5.80. The summed E-state index contributed by atoms with van der Waals surface area (Å²) < 4.78 is 29.4. The molecule has 0 unspecified atom stereocenters. The maximum Gasteiger partial charge on any atom is 0.367 e. The molecule has 1 aromatic heterocycles. The van der Waals surface area contributed by atoms with Crippen LogP contribution >= 0.6 is 11.3 Å². The van der Waals surface area contributed by atoms with Gasteiger partial charge in [0.15, 0.2) is 0 Å². The van der Waals surface area contributed by atoms with Crippen LogP contribution in [0.25, 0.3) is 0 Å². The van der Waals surface area contributed by atoms with Gasteiger partial charge in [0.1, 0.15) is 5.69 Å². The van der Waals surface area contributed by atoms with Gasteiger partial charge in [-0.3, -0.25) is 4.79 Å². The van der Waals surface area contributed by atoms with Gasteiger partial charge in [-0.15, -0.1) is 11.3 Å². The summed E-state index contributed by atoms with van der Waals surface area (Å²) in [5, 5.41) is 10.1. The standard InChI is InChI=1S/C11H14F2N2O4S/c1-2-19-11(18)9-14-7(6-20-9)10(17)15(3-4-16)5-8(12)13/h6,8,16H,2-5H2,1H3. The molecule has 1 aromatic rings. The first-order chi connectivity index (χ1) is 9.49. The fourth-order valence-corrected chi connectivity index (χ4v) is 2.07. The first kappa shape index (κ1) is 16.4. The Kier molecular flexibility index (Phi) is 6.46. The number of esters is 1. The van der Waals surface area contributed by atoms with Crippen LogP contribution in [-0.4, -0.2) is 59.6 Å². The molecule has 0 radical (unpaired) electrons. The van der Waals surface area contributed by atoms with Gasteiger partial charge in [-0.05, 0) is 6.92 Å². The third-order valence-electron chi connectivity index (χ3n) is 2.19. The number of hydrogen-bond acceptors (Lipinski definition) is 6. The molecule has 0 bridgehead atoms. The van der Waals surface area contributed by atoms with Crippen LogP contribution in [0.4, 0.5) is 8.78 Å². The Morgan fingerprint density at radius 3 is 2.80 bits per heavy atom. The minimum absolute atomic E-state index is 0.0174. The molecule has 0 aliphatic carbocycles. The summed E-state index contributed by atoms with van der Waals surface area (Å²) in [4.78, 5) is 27.9. The van der Waals surface area contributed by atoms with Crippen molar-refractivity contribution in [1.29, 1.82) is 0 Å². The van der Waals surface area contributed by atoms with Crippen molar-refractivity contribution in [2.45, 2.75) is 13.3 Å². The number of alkyl halides is 2. The van der Waals surface area contributed by atoms with E-state index in [1.54, 1.807) is 6.92 Å². The van der Waals surface area contributed by atoms with Gasteiger partial charge in [-0.25, -0.2) is 18.6 Å². The number of nitrogens with zero attached hydrogens (tertiary/aromatic N) is 2. The van der Waals surface area contributed by atoms with Crippen LogP contribution in [0.3, 0.4) is 0 Å². The van der Waals surface area contributed by atoms with E-state index in [2.05, 4.69) is 4.98 Å². The Morgan fingerprint density at radius 2 is 2.25 bits per heavy atom. The SMILES string of the molecule is CCOC(=O)c1nc(C(=O)N(CCO)CC(F)F)cs1. The number of carbonyl (C=O) groups excluding carboxylic acids is 2. The van der Waals surface area contributed by atoms with Crippen LogP contribution in [0, 0.1) is 0 Å². The predicted molar refractivity (Wildman–Crippen MR) is 67.1 cm³/mol. The lowest BCUT2D eigenvalue weighted by Gasteiger charge is -2.19. The Labute approximate surface area is 118 Å². The highest BCUT2D eigenvalue weighted by atomic mass is 32.1. The number of hydrogen-bond donors (Lipinski definition) is 1. The second-order valence-electron chi connectivity index (χ2n) is 3.62. The number of ether oxygens (including phenoxy) is 1. The van der Waals surface area contributed by atoms with Crippen molar-refractivity contribution in [3.8, 4) is 0 Å². The zero-order valence-electron chi connectivity index (χ0n) is 10.7. The smallest absolute Gasteiger partial charge is 0.367 e. The van der Waals surface area contributed by atoms with Gasteiger partial charge in [0.25, 0.3) is 12.3 Å². The minimum Gasteiger partial charge on any atom is -0.461 e.